The largest absolute Gasteiger partial charge is 0.619 e. The number of alkyl halides is 2. The van der Waals surface area contributed by atoms with Crippen LogP contribution in [0.3, 0.4) is 0 Å². The van der Waals surface area contributed by atoms with E-state index in [1.54, 1.807) is 0 Å². The Bertz CT molecular complexity index is 974. The Morgan fingerprint density at radius 2 is 1.80 bits per heavy atom. The molecule has 3 heterocycles. The summed E-state index contributed by atoms with van der Waals surface area (Å²) < 4.78 is 47.7. The highest BCUT2D eigenvalue weighted by molar-refractivity contribution is 6.36. The van der Waals surface area contributed by atoms with Gasteiger partial charge in [-0.3, -0.25) is 4.79 Å². The van der Waals surface area contributed by atoms with Crippen LogP contribution in [-0.4, -0.2) is 31.4 Å². The molecular weight excluding hydrogens is 447 g/mol. The van der Waals surface area contributed by atoms with Gasteiger partial charge in [0, 0.05) is 24.8 Å². The first-order valence-electron chi connectivity index (χ1n) is 8.95. The van der Waals surface area contributed by atoms with Crippen LogP contribution < -0.4 is 18.9 Å². The van der Waals surface area contributed by atoms with E-state index in [1.807, 2.05) is 0 Å². The van der Waals surface area contributed by atoms with Crippen LogP contribution in [-0.2, 0) is 11.2 Å². The summed E-state index contributed by atoms with van der Waals surface area (Å²) in [5.74, 6) is -1.85. The van der Waals surface area contributed by atoms with Gasteiger partial charge in [-0.2, -0.15) is 13.5 Å². The lowest BCUT2D eigenvalue weighted by molar-refractivity contribution is -0.605. The Labute approximate surface area is 179 Å². The molecule has 4 rings (SSSR count). The summed E-state index contributed by atoms with van der Waals surface area (Å²) in [5.41, 5.74) is 0.359. The smallest absolute Gasteiger partial charge is 0.387 e. The maximum Gasteiger partial charge on any atom is 0.387 e. The van der Waals surface area contributed by atoms with Crippen LogP contribution in [0.5, 0.6) is 17.2 Å². The van der Waals surface area contributed by atoms with Gasteiger partial charge in [-0.25, -0.2) is 0 Å². The number of aromatic nitrogens is 1. The number of ketones is 1. The van der Waals surface area contributed by atoms with Crippen molar-refractivity contribution in [1.29, 1.82) is 0 Å². The summed E-state index contributed by atoms with van der Waals surface area (Å²) >= 11 is 12.1. The topological polar surface area (TPSA) is 80.9 Å². The van der Waals surface area contributed by atoms with E-state index < -0.39 is 18.2 Å². The number of fused-ring (bicyclic) bond motifs is 1. The summed E-state index contributed by atoms with van der Waals surface area (Å²) in [7, 11) is 0. The second kappa shape index (κ2) is 8.05. The van der Waals surface area contributed by atoms with E-state index in [9.17, 15) is 18.8 Å². The van der Waals surface area contributed by atoms with Crippen LogP contribution in [0.25, 0.3) is 0 Å². The van der Waals surface area contributed by atoms with Crippen molar-refractivity contribution >= 4 is 29.0 Å². The first-order valence-corrected chi connectivity index (χ1v) is 9.71. The zero-order valence-corrected chi connectivity index (χ0v) is 16.8. The fourth-order valence-electron chi connectivity index (χ4n) is 3.39. The quantitative estimate of drug-likeness (QED) is 0.381. The molecule has 1 aromatic heterocycles. The third-order valence-corrected chi connectivity index (χ3v) is 5.47. The van der Waals surface area contributed by atoms with E-state index >= 15 is 0 Å². The van der Waals surface area contributed by atoms with Gasteiger partial charge >= 0.3 is 6.61 Å². The zero-order valence-electron chi connectivity index (χ0n) is 15.3. The van der Waals surface area contributed by atoms with Gasteiger partial charge in [0.15, 0.2) is 29.7 Å². The van der Waals surface area contributed by atoms with Gasteiger partial charge < -0.3 is 24.2 Å². The molecule has 0 aliphatic carbocycles. The predicted molar refractivity (Wildman–Crippen MR) is 101 cm³/mol. The molecule has 2 aliphatic heterocycles. The monoisotopic (exact) mass is 461 g/mol. The van der Waals surface area contributed by atoms with Gasteiger partial charge in [-0.15, -0.1) is 0 Å². The average molecular weight is 462 g/mol. The van der Waals surface area contributed by atoms with Crippen molar-refractivity contribution in [3.63, 3.8) is 0 Å². The molecule has 1 aromatic carbocycles. The van der Waals surface area contributed by atoms with Crippen molar-refractivity contribution in [2.45, 2.75) is 31.7 Å². The molecule has 2 aliphatic rings. The Kier molecular flexibility index (Phi) is 5.61. The number of carbonyl (C=O) groups excluding carboxylic acids is 1. The number of ether oxygens (including phenoxy) is 4. The number of rotatable bonds is 5. The van der Waals surface area contributed by atoms with Gasteiger partial charge in [0.2, 0.25) is 5.75 Å². The maximum absolute atomic E-state index is 13.0. The molecule has 0 radical (unpaired) electrons. The van der Waals surface area contributed by atoms with E-state index in [0.717, 1.165) is 12.4 Å². The number of nitrogens with zero attached hydrogens (tertiary/aromatic N) is 1. The van der Waals surface area contributed by atoms with Crippen molar-refractivity contribution in [2.75, 3.05) is 13.2 Å². The van der Waals surface area contributed by atoms with E-state index in [1.165, 1.54) is 12.1 Å². The van der Waals surface area contributed by atoms with Crippen LogP contribution in [0.1, 0.15) is 28.8 Å². The summed E-state index contributed by atoms with van der Waals surface area (Å²) in [4.78, 5) is 13.0. The first-order chi connectivity index (χ1) is 14.3. The van der Waals surface area contributed by atoms with Crippen LogP contribution in [0.4, 0.5) is 8.78 Å². The summed E-state index contributed by atoms with van der Waals surface area (Å²) in [6.07, 6.45) is 2.62. The molecular formula is C19H15Cl2F2NO6. The van der Waals surface area contributed by atoms with Crippen LogP contribution in [0, 0.1) is 5.21 Å². The Hall–Kier alpha value is -2.36. The standard InChI is InChI=1S/C19H15Cl2F2NO6/c20-12-8-24(26)9-13(21)11(12)7-14(25)10-1-2-15(28-18(22)23)17-16(10)29-19(30-17)3-5-27-6-4-19/h1-2,8-9,18H,3-7H2. The Morgan fingerprint density at radius 3 is 2.43 bits per heavy atom. The molecule has 0 unspecified atom stereocenters. The summed E-state index contributed by atoms with van der Waals surface area (Å²) in [5, 5.41) is 11.5. The third-order valence-electron chi connectivity index (χ3n) is 4.82. The fourth-order valence-corrected chi connectivity index (χ4v) is 3.96. The SMILES string of the molecule is O=C(Cc1c(Cl)c[n+]([O-])cc1Cl)c1ccc(OC(F)F)c2c1OC1(CCOCC1)O2. The molecule has 0 N–H and O–H groups in total. The molecule has 0 bridgehead atoms. The lowest BCUT2D eigenvalue weighted by Gasteiger charge is -2.31. The van der Waals surface area contributed by atoms with Crippen LogP contribution in [0.2, 0.25) is 10.0 Å². The highest BCUT2D eigenvalue weighted by Gasteiger charge is 2.46. The molecule has 1 spiro atoms. The highest BCUT2D eigenvalue weighted by Crippen LogP contribution is 2.51. The molecule has 1 fully saturated rings. The number of pyridine rings is 1. The second-order valence-electron chi connectivity index (χ2n) is 6.77. The molecule has 30 heavy (non-hydrogen) atoms. The van der Waals surface area contributed by atoms with Crippen molar-refractivity contribution in [3.8, 4) is 17.2 Å². The van der Waals surface area contributed by atoms with E-state index in [-0.39, 0.29) is 44.8 Å². The molecule has 7 nitrogen and oxygen atoms in total. The predicted octanol–water partition coefficient (Wildman–Crippen LogP) is 3.93. The number of carbonyl (C=O) groups is 1. The second-order valence-corrected chi connectivity index (χ2v) is 7.58. The van der Waals surface area contributed by atoms with Crippen molar-refractivity contribution < 1.29 is 37.3 Å². The number of Topliss-reactive ketones (excluding diaryl/α,β-unsaturated/α-hetero) is 1. The minimum atomic E-state index is -3.08. The molecule has 0 atom stereocenters. The summed E-state index contributed by atoms with van der Waals surface area (Å²) in [6.45, 7) is -2.37. The first kappa shape index (κ1) is 20.9. The van der Waals surface area contributed by atoms with Gasteiger partial charge in [-0.05, 0) is 12.1 Å². The van der Waals surface area contributed by atoms with E-state index in [4.69, 9.17) is 37.4 Å². The summed E-state index contributed by atoms with van der Waals surface area (Å²) in [6, 6.07) is 2.54. The van der Waals surface area contributed by atoms with Gasteiger partial charge in [0.1, 0.15) is 10.0 Å². The van der Waals surface area contributed by atoms with Crippen LogP contribution in [0.15, 0.2) is 24.5 Å². The van der Waals surface area contributed by atoms with Gasteiger partial charge in [0.25, 0.3) is 5.79 Å². The Morgan fingerprint density at radius 1 is 1.17 bits per heavy atom. The van der Waals surface area contributed by atoms with Gasteiger partial charge in [0.05, 0.1) is 18.8 Å². The fraction of sp³-hybridized carbons (Fsp3) is 0.368. The van der Waals surface area contributed by atoms with Crippen molar-refractivity contribution in [2.24, 2.45) is 0 Å². The Balaban J connectivity index is 1.70. The lowest BCUT2D eigenvalue weighted by atomic mass is 10.0. The van der Waals surface area contributed by atoms with Crippen molar-refractivity contribution in [1.82, 2.24) is 0 Å². The van der Waals surface area contributed by atoms with E-state index in [0.29, 0.717) is 30.8 Å². The molecule has 0 saturated carbocycles. The average Bonchev–Trinajstić information content (AvgIpc) is 3.03. The molecule has 2 aromatic rings. The minimum Gasteiger partial charge on any atom is -0.619 e. The molecule has 11 heteroatoms. The zero-order chi connectivity index (χ0) is 21.5. The molecule has 0 amide bonds. The van der Waals surface area contributed by atoms with Gasteiger partial charge in [-0.1, -0.05) is 23.2 Å². The maximum atomic E-state index is 13.0. The number of hydrogen-bond acceptors (Lipinski definition) is 6. The van der Waals surface area contributed by atoms with Crippen molar-refractivity contribution in [3.05, 3.63) is 50.9 Å². The van der Waals surface area contributed by atoms with Crippen LogP contribution >= 0.6 is 23.2 Å². The third kappa shape index (κ3) is 3.97. The number of benzene rings is 1. The minimum absolute atomic E-state index is 0.0158. The lowest BCUT2D eigenvalue weighted by Crippen LogP contribution is -2.44. The van der Waals surface area contributed by atoms with E-state index in [2.05, 4.69) is 4.74 Å². The molecule has 1 saturated heterocycles. The number of halogens is 4. The molecule has 160 valence electrons. The highest BCUT2D eigenvalue weighted by atomic mass is 35.5. The number of hydrogen-bond donors (Lipinski definition) is 0. The normalized spacial score (nSPS) is 16.8.